The van der Waals surface area contributed by atoms with Gasteiger partial charge < -0.3 is 5.32 Å². The van der Waals surface area contributed by atoms with Gasteiger partial charge in [0, 0.05) is 17.6 Å². The molecule has 6 nitrogen and oxygen atoms in total. The van der Waals surface area contributed by atoms with Gasteiger partial charge in [0.15, 0.2) is 0 Å². The second kappa shape index (κ2) is 8.53. The molecule has 0 saturated heterocycles. The third kappa shape index (κ3) is 6.02. The maximum absolute atomic E-state index is 11.8. The van der Waals surface area contributed by atoms with E-state index in [1.807, 2.05) is 12.3 Å². The number of thiazole rings is 1. The van der Waals surface area contributed by atoms with E-state index < -0.39 is 10.0 Å². The average molecular weight is 374 g/mol. The van der Waals surface area contributed by atoms with Crippen LogP contribution >= 0.6 is 22.7 Å². The van der Waals surface area contributed by atoms with Crippen molar-refractivity contribution in [1.29, 1.82) is 0 Å². The van der Waals surface area contributed by atoms with Crippen LogP contribution in [0.5, 0.6) is 0 Å². The fourth-order valence-electron chi connectivity index (χ4n) is 1.86. The van der Waals surface area contributed by atoms with Crippen molar-refractivity contribution in [3.8, 4) is 0 Å². The molecule has 0 aliphatic carbocycles. The number of hydrogen-bond acceptors (Lipinski definition) is 6. The van der Waals surface area contributed by atoms with Gasteiger partial charge in [0.2, 0.25) is 5.91 Å². The van der Waals surface area contributed by atoms with Crippen molar-refractivity contribution in [2.75, 3.05) is 13.1 Å². The van der Waals surface area contributed by atoms with E-state index in [0.717, 1.165) is 41.3 Å². The summed E-state index contributed by atoms with van der Waals surface area (Å²) in [6.45, 7) is 2.26. The molecule has 2 heterocycles. The normalized spacial score (nSPS) is 11.5. The predicted molar refractivity (Wildman–Crippen MR) is 92.3 cm³/mol. The summed E-state index contributed by atoms with van der Waals surface area (Å²) in [6, 6.07) is 3.16. The lowest BCUT2D eigenvalue weighted by Gasteiger charge is -2.06. The number of aromatic nitrogens is 1. The van der Waals surface area contributed by atoms with Gasteiger partial charge in [0.25, 0.3) is 10.0 Å². The molecule has 2 aromatic rings. The lowest BCUT2D eigenvalue weighted by atomic mass is 10.2. The zero-order valence-electron chi connectivity index (χ0n) is 12.7. The standard InChI is InChI=1S/C14H19N3O3S3/c1-11-10-22-13(17-11)5-2-3-7-15-12(18)9-16-23(19,20)14-6-4-8-21-14/h4,6,8,10,16H,2-3,5,7,9H2,1H3,(H,15,18). The van der Waals surface area contributed by atoms with Crippen molar-refractivity contribution in [3.63, 3.8) is 0 Å². The summed E-state index contributed by atoms with van der Waals surface area (Å²) in [4.78, 5) is 16.0. The molecule has 0 radical (unpaired) electrons. The Morgan fingerprint density at radius 1 is 1.30 bits per heavy atom. The van der Waals surface area contributed by atoms with Crippen LogP contribution in [0.4, 0.5) is 0 Å². The predicted octanol–water partition coefficient (Wildman–Crippen LogP) is 1.93. The Bertz CT molecular complexity index is 724. The SMILES string of the molecule is Cc1csc(CCCCNC(=O)CNS(=O)(=O)c2cccs2)n1. The smallest absolute Gasteiger partial charge is 0.250 e. The Morgan fingerprint density at radius 2 is 2.13 bits per heavy atom. The lowest BCUT2D eigenvalue weighted by molar-refractivity contribution is -0.119. The molecule has 2 N–H and O–H groups in total. The highest BCUT2D eigenvalue weighted by Crippen LogP contribution is 2.14. The zero-order valence-corrected chi connectivity index (χ0v) is 15.2. The second-order valence-corrected chi connectivity index (χ2v) is 8.83. The Morgan fingerprint density at radius 3 is 2.78 bits per heavy atom. The number of sulfonamides is 1. The van der Waals surface area contributed by atoms with Gasteiger partial charge in [-0.25, -0.2) is 18.1 Å². The van der Waals surface area contributed by atoms with Crippen molar-refractivity contribution in [2.45, 2.75) is 30.4 Å². The summed E-state index contributed by atoms with van der Waals surface area (Å²) >= 11 is 2.77. The molecule has 9 heteroatoms. The topological polar surface area (TPSA) is 88.2 Å². The van der Waals surface area contributed by atoms with E-state index in [1.165, 1.54) is 6.07 Å². The number of thiophene rings is 1. The van der Waals surface area contributed by atoms with E-state index in [9.17, 15) is 13.2 Å². The van der Waals surface area contributed by atoms with E-state index in [4.69, 9.17) is 0 Å². The average Bonchev–Trinajstić information content (AvgIpc) is 3.17. The highest BCUT2D eigenvalue weighted by Gasteiger charge is 2.15. The molecule has 0 saturated carbocycles. The summed E-state index contributed by atoms with van der Waals surface area (Å²) in [5.74, 6) is -0.324. The highest BCUT2D eigenvalue weighted by molar-refractivity contribution is 7.91. The molecular weight excluding hydrogens is 354 g/mol. The molecular formula is C14H19N3O3S3. The molecule has 0 bridgehead atoms. The van der Waals surface area contributed by atoms with Crippen molar-refractivity contribution >= 4 is 38.6 Å². The van der Waals surface area contributed by atoms with E-state index >= 15 is 0 Å². The number of nitrogens with one attached hydrogen (secondary N) is 2. The monoisotopic (exact) mass is 373 g/mol. The first kappa shape index (κ1) is 18.1. The largest absolute Gasteiger partial charge is 0.355 e. The first-order valence-corrected chi connectivity index (χ1v) is 10.4. The molecule has 0 unspecified atom stereocenters. The number of rotatable bonds is 9. The van der Waals surface area contributed by atoms with Crippen LogP contribution < -0.4 is 10.0 Å². The summed E-state index contributed by atoms with van der Waals surface area (Å²) in [5.41, 5.74) is 1.04. The van der Waals surface area contributed by atoms with E-state index in [1.54, 1.807) is 22.8 Å². The zero-order chi connectivity index (χ0) is 16.7. The van der Waals surface area contributed by atoms with Gasteiger partial charge in [-0.3, -0.25) is 4.79 Å². The number of unbranched alkanes of at least 4 members (excludes halogenated alkanes) is 1. The van der Waals surface area contributed by atoms with Gasteiger partial charge in [-0.05, 0) is 37.6 Å². The van der Waals surface area contributed by atoms with Crippen LogP contribution in [0.25, 0.3) is 0 Å². The minimum absolute atomic E-state index is 0.212. The van der Waals surface area contributed by atoms with E-state index in [-0.39, 0.29) is 16.7 Å². The van der Waals surface area contributed by atoms with Crippen LogP contribution in [-0.4, -0.2) is 32.4 Å². The molecule has 23 heavy (non-hydrogen) atoms. The number of carbonyl (C=O) groups is 1. The van der Waals surface area contributed by atoms with Gasteiger partial charge in [0.05, 0.1) is 11.6 Å². The Labute approximate surface area is 144 Å². The molecule has 2 rings (SSSR count). The maximum Gasteiger partial charge on any atom is 0.250 e. The molecule has 0 atom stereocenters. The molecule has 126 valence electrons. The molecule has 0 aliphatic rings. The van der Waals surface area contributed by atoms with Gasteiger partial charge in [-0.1, -0.05) is 6.07 Å². The third-order valence-electron chi connectivity index (χ3n) is 2.99. The fourth-order valence-corrected chi connectivity index (χ4v) is 4.69. The molecule has 0 aliphatic heterocycles. The fraction of sp³-hybridized carbons (Fsp3) is 0.429. The summed E-state index contributed by atoms with van der Waals surface area (Å²) < 4.78 is 26.2. The molecule has 0 fully saturated rings. The van der Waals surface area contributed by atoms with Crippen LogP contribution in [0.1, 0.15) is 23.5 Å². The third-order valence-corrected chi connectivity index (χ3v) is 6.81. The minimum atomic E-state index is -3.58. The number of carbonyl (C=O) groups excluding carboxylic acids is 1. The van der Waals surface area contributed by atoms with Crippen molar-refractivity contribution in [3.05, 3.63) is 33.6 Å². The van der Waals surface area contributed by atoms with Crippen LogP contribution in [0.3, 0.4) is 0 Å². The molecule has 0 spiro atoms. The van der Waals surface area contributed by atoms with Crippen molar-refractivity contribution in [2.24, 2.45) is 0 Å². The highest BCUT2D eigenvalue weighted by atomic mass is 32.2. The lowest BCUT2D eigenvalue weighted by Crippen LogP contribution is -2.37. The van der Waals surface area contributed by atoms with Crippen LogP contribution in [0, 0.1) is 6.92 Å². The maximum atomic E-state index is 11.8. The van der Waals surface area contributed by atoms with Gasteiger partial charge in [0.1, 0.15) is 4.21 Å². The number of amides is 1. The van der Waals surface area contributed by atoms with Crippen molar-refractivity contribution < 1.29 is 13.2 Å². The summed E-state index contributed by atoms with van der Waals surface area (Å²) in [6.07, 6.45) is 2.68. The molecule has 0 aromatic carbocycles. The van der Waals surface area contributed by atoms with Gasteiger partial charge >= 0.3 is 0 Å². The first-order chi connectivity index (χ1) is 11.0. The van der Waals surface area contributed by atoms with E-state index in [0.29, 0.717) is 6.54 Å². The quantitative estimate of drug-likeness (QED) is 0.658. The number of hydrogen-bond donors (Lipinski definition) is 2. The minimum Gasteiger partial charge on any atom is -0.355 e. The van der Waals surface area contributed by atoms with Crippen LogP contribution in [-0.2, 0) is 21.2 Å². The number of nitrogens with zero attached hydrogens (tertiary/aromatic N) is 1. The molecule has 2 aromatic heterocycles. The van der Waals surface area contributed by atoms with E-state index in [2.05, 4.69) is 15.0 Å². The Hall–Kier alpha value is -1.29. The Balaban J connectivity index is 1.60. The second-order valence-electron chi connectivity index (χ2n) is 4.95. The van der Waals surface area contributed by atoms with Crippen LogP contribution in [0.15, 0.2) is 27.1 Å². The summed E-state index contributed by atoms with van der Waals surface area (Å²) in [7, 11) is -3.58. The first-order valence-electron chi connectivity index (χ1n) is 7.18. The Kier molecular flexibility index (Phi) is 6.70. The summed E-state index contributed by atoms with van der Waals surface area (Å²) in [5, 5.41) is 7.53. The van der Waals surface area contributed by atoms with Crippen LogP contribution in [0.2, 0.25) is 0 Å². The van der Waals surface area contributed by atoms with Crippen molar-refractivity contribution in [1.82, 2.24) is 15.0 Å². The molecule has 1 amide bonds. The van der Waals surface area contributed by atoms with Gasteiger partial charge in [-0.15, -0.1) is 22.7 Å². The number of aryl methyl sites for hydroxylation is 2. The van der Waals surface area contributed by atoms with Gasteiger partial charge in [-0.2, -0.15) is 0 Å².